The lowest BCUT2D eigenvalue weighted by Crippen LogP contribution is -2.71. The third-order valence-corrected chi connectivity index (χ3v) is 11.8. The van der Waals surface area contributed by atoms with E-state index in [9.17, 15) is 39.0 Å². The molecule has 0 bridgehead atoms. The van der Waals surface area contributed by atoms with Crippen LogP contribution in [0.2, 0.25) is 0 Å². The van der Waals surface area contributed by atoms with Gasteiger partial charge in [0.05, 0.1) is 5.52 Å². The van der Waals surface area contributed by atoms with Crippen molar-refractivity contribution in [2.24, 2.45) is 0 Å². The second-order valence-corrected chi connectivity index (χ2v) is 15.5. The first-order valence-electron chi connectivity index (χ1n) is 16.6. The number of hydrogen-bond acceptors (Lipinski definition) is 9. The molecule has 1 aromatic heterocycles. The summed E-state index contributed by atoms with van der Waals surface area (Å²) in [4.78, 5) is 83.9. The van der Waals surface area contributed by atoms with Crippen LogP contribution in [0.25, 0.3) is 10.9 Å². The number of phenols is 1. The van der Waals surface area contributed by atoms with Crippen LogP contribution in [0, 0.1) is 0 Å². The first-order chi connectivity index (χ1) is 23.8. The number of aromatic hydroxyl groups is 1. The van der Waals surface area contributed by atoms with Gasteiger partial charge in [-0.1, -0.05) is 12.1 Å². The van der Waals surface area contributed by atoms with E-state index < -0.39 is 57.4 Å². The summed E-state index contributed by atoms with van der Waals surface area (Å²) in [5.74, 6) is -3.19. The van der Waals surface area contributed by atoms with Crippen molar-refractivity contribution >= 4 is 58.0 Å². The highest BCUT2D eigenvalue weighted by Gasteiger charge is 2.64. The van der Waals surface area contributed by atoms with E-state index in [2.05, 4.69) is 15.5 Å². The minimum absolute atomic E-state index is 0.0446. The third kappa shape index (κ3) is 5.53. The molecule has 4 aliphatic heterocycles. The van der Waals surface area contributed by atoms with Crippen LogP contribution in [0.15, 0.2) is 47.4 Å². The first kappa shape index (κ1) is 33.4. The van der Waals surface area contributed by atoms with Gasteiger partial charge in [0.15, 0.2) is 0 Å². The lowest BCUT2D eigenvalue weighted by molar-refractivity contribution is -0.161. The lowest BCUT2D eigenvalue weighted by atomic mass is 9.95. The molecule has 14 nitrogen and oxygen atoms in total. The molecule has 0 aliphatic carbocycles. The number of amides is 4. The molecule has 7 rings (SSSR count). The summed E-state index contributed by atoms with van der Waals surface area (Å²) in [5.41, 5.74) is 2.47. The fraction of sp³-hybridized carbons (Fsp3) is 0.429. The Hall–Kier alpha value is -5.05. The molecule has 0 radical (unpaired) electrons. The number of aromatic nitrogens is 1. The number of aryl methyl sites for hydroxylation is 2. The number of pyridine rings is 1. The number of thioether (sulfide) groups is 1. The molecule has 3 saturated heterocycles. The van der Waals surface area contributed by atoms with Crippen LogP contribution in [-0.4, -0.2) is 103 Å². The summed E-state index contributed by atoms with van der Waals surface area (Å²) >= 11 is 1.28. The number of carbonyl (C=O) groups excluding carboxylic acids is 4. The number of nitrogens with zero attached hydrogens (tertiary/aromatic N) is 4. The maximum Gasteiger partial charge on any atom is 0.327 e. The van der Waals surface area contributed by atoms with E-state index in [0.717, 1.165) is 29.6 Å². The highest BCUT2D eigenvalue weighted by atomic mass is 32.2. The zero-order valence-electron chi connectivity index (χ0n) is 27.8. The predicted octanol–water partition coefficient (Wildman–Crippen LogP) is 1.42. The minimum Gasteiger partial charge on any atom is -0.508 e. The van der Waals surface area contributed by atoms with Gasteiger partial charge in [0, 0.05) is 61.7 Å². The zero-order valence-corrected chi connectivity index (χ0v) is 28.7. The summed E-state index contributed by atoms with van der Waals surface area (Å²) < 4.78 is 1.12. The van der Waals surface area contributed by atoms with Gasteiger partial charge in [-0.2, -0.15) is 0 Å². The van der Waals surface area contributed by atoms with E-state index in [4.69, 9.17) is 0 Å². The SMILES string of the molecule is CC(=O)N1CCN(c2ccc3c(=O)c(C(=O)NC(C(=O)NC4C(=O)N5C4SC(C)(C)C5C(=O)O)c4ccc(O)cc4)cn4c3c2CCC4)CC1. The molecule has 4 unspecified atom stereocenters. The quantitative estimate of drug-likeness (QED) is 0.263. The van der Waals surface area contributed by atoms with Crippen LogP contribution in [0.5, 0.6) is 5.75 Å². The van der Waals surface area contributed by atoms with Crippen molar-refractivity contribution < 1.29 is 34.2 Å². The number of carboxylic acids is 1. The van der Waals surface area contributed by atoms with E-state index in [1.165, 1.54) is 47.1 Å². The minimum atomic E-state index is -1.34. The monoisotopic (exact) mass is 702 g/mol. The molecule has 50 heavy (non-hydrogen) atoms. The number of benzene rings is 2. The number of carboxylic acid groups (broad SMARTS) is 1. The Morgan fingerprint density at radius 1 is 0.980 bits per heavy atom. The van der Waals surface area contributed by atoms with Gasteiger partial charge in [0.2, 0.25) is 23.2 Å². The normalized spacial score (nSPS) is 22.8. The third-order valence-electron chi connectivity index (χ3n) is 10.2. The standard InChI is InChI=1S/C35H38N6O8S/c1-18(42)38-13-15-39(16-14-38)24-11-10-22-27-21(24)5-4-12-40(27)17-23(28(22)44)30(45)36-25(19-6-8-20(43)9-7-19)31(46)37-26-32(47)41-29(34(48)49)35(2,3)50-33(26)41/h6-11,17,25-26,29,33,43H,4-5,12-16H2,1-3H3,(H,36,45)(H,37,46)(H,48,49). The van der Waals surface area contributed by atoms with E-state index in [0.29, 0.717) is 43.7 Å². The largest absolute Gasteiger partial charge is 0.508 e. The highest BCUT2D eigenvalue weighted by Crippen LogP contribution is 2.50. The predicted molar refractivity (Wildman–Crippen MR) is 185 cm³/mol. The van der Waals surface area contributed by atoms with Crippen molar-refractivity contribution in [2.75, 3.05) is 31.1 Å². The van der Waals surface area contributed by atoms with Crippen molar-refractivity contribution in [3.05, 3.63) is 69.5 Å². The van der Waals surface area contributed by atoms with Crippen molar-refractivity contribution in [1.82, 2.24) is 25.0 Å². The van der Waals surface area contributed by atoms with Crippen molar-refractivity contribution in [2.45, 2.75) is 68.4 Å². The Morgan fingerprint density at radius 2 is 1.68 bits per heavy atom. The van der Waals surface area contributed by atoms with Crippen LogP contribution in [0.3, 0.4) is 0 Å². The summed E-state index contributed by atoms with van der Waals surface area (Å²) in [5, 5.41) is 24.8. The second-order valence-electron chi connectivity index (χ2n) is 13.7. The summed E-state index contributed by atoms with van der Waals surface area (Å²) in [6.07, 6.45) is 3.08. The number of hydrogen-bond donors (Lipinski definition) is 4. The second kappa shape index (κ2) is 12.4. The van der Waals surface area contributed by atoms with Crippen molar-refractivity contribution in [3.8, 4) is 5.75 Å². The Labute approximate surface area is 291 Å². The number of β-lactam (4-membered cyclic amide) rings is 1. The number of fused-ring (bicyclic) bond motifs is 1. The fourth-order valence-corrected chi connectivity index (χ4v) is 9.31. The van der Waals surface area contributed by atoms with Crippen molar-refractivity contribution in [1.29, 1.82) is 0 Å². The molecule has 5 heterocycles. The summed E-state index contributed by atoms with van der Waals surface area (Å²) in [6, 6.07) is 5.87. The van der Waals surface area contributed by atoms with E-state index in [1.54, 1.807) is 26.8 Å². The molecule has 3 aromatic rings. The molecule has 2 aromatic carbocycles. The highest BCUT2D eigenvalue weighted by molar-refractivity contribution is 8.01. The van der Waals surface area contributed by atoms with Crippen LogP contribution >= 0.6 is 11.8 Å². The summed E-state index contributed by atoms with van der Waals surface area (Å²) in [7, 11) is 0. The molecule has 4 amide bonds. The molecular formula is C35H38N6O8S. The number of rotatable bonds is 7. The molecule has 262 valence electrons. The van der Waals surface area contributed by atoms with E-state index >= 15 is 0 Å². The van der Waals surface area contributed by atoms with Crippen molar-refractivity contribution in [3.63, 3.8) is 0 Å². The Morgan fingerprint density at radius 3 is 2.34 bits per heavy atom. The fourth-order valence-electron chi connectivity index (χ4n) is 7.69. The number of aliphatic carboxylic acids is 1. The van der Waals surface area contributed by atoms with Gasteiger partial charge < -0.3 is 40.1 Å². The van der Waals surface area contributed by atoms with Gasteiger partial charge in [0.1, 0.15) is 34.8 Å². The lowest BCUT2D eigenvalue weighted by Gasteiger charge is -2.44. The number of phenolic OH excluding ortho intramolecular Hbond substituents is 1. The Kier molecular flexibility index (Phi) is 8.28. The van der Waals surface area contributed by atoms with E-state index in [1.807, 2.05) is 15.5 Å². The summed E-state index contributed by atoms with van der Waals surface area (Å²) in [6.45, 7) is 8.19. The molecule has 3 fully saturated rings. The molecular weight excluding hydrogens is 664 g/mol. The van der Waals surface area contributed by atoms with Crippen LogP contribution < -0.4 is 21.0 Å². The zero-order chi connectivity index (χ0) is 35.6. The Bertz CT molecular complexity index is 2000. The Balaban J connectivity index is 1.17. The molecule has 4 atom stereocenters. The average Bonchev–Trinajstić information content (AvgIpc) is 3.35. The average molecular weight is 703 g/mol. The first-order valence-corrected chi connectivity index (χ1v) is 17.5. The van der Waals surface area contributed by atoms with Gasteiger partial charge in [-0.15, -0.1) is 11.8 Å². The van der Waals surface area contributed by atoms with Crippen LogP contribution in [0.4, 0.5) is 5.69 Å². The topological polar surface area (TPSA) is 182 Å². The van der Waals surface area contributed by atoms with Crippen LogP contribution in [-0.2, 0) is 32.1 Å². The van der Waals surface area contributed by atoms with Crippen LogP contribution in [0.1, 0.15) is 54.7 Å². The van der Waals surface area contributed by atoms with E-state index in [-0.39, 0.29) is 17.2 Å². The molecule has 0 spiro atoms. The van der Waals surface area contributed by atoms with Gasteiger partial charge in [-0.05, 0) is 62.1 Å². The van der Waals surface area contributed by atoms with Gasteiger partial charge in [0.25, 0.3) is 5.91 Å². The number of piperazine rings is 1. The molecule has 4 N–H and O–H groups in total. The van der Waals surface area contributed by atoms with Gasteiger partial charge >= 0.3 is 5.97 Å². The number of anilines is 1. The smallest absolute Gasteiger partial charge is 0.327 e. The number of carbonyl (C=O) groups is 5. The molecule has 4 aliphatic rings. The number of nitrogens with one attached hydrogen (secondary N) is 2. The molecule has 15 heteroatoms. The molecule has 0 saturated carbocycles. The maximum absolute atomic E-state index is 13.9. The van der Waals surface area contributed by atoms with Gasteiger partial charge in [-0.25, -0.2) is 4.79 Å². The maximum atomic E-state index is 13.9. The van der Waals surface area contributed by atoms with Gasteiger partial charge in [-0.3, -0.25) is 24.0 Å².